The number of ether oxygens (including phenoxy) is 1. The van der Waals surface area contributed by atoms with Crippen LogP contribution in [0.1, 0.15) is 34.8 Å². The van der Waals surface area contributed by atoms with Gasteiger partial charge < -0.3 is 25.4 Å². The molecule has 0 radical (unpaired) electrons. The SMILES string of the molecule is Cc1ccc(C(CNC(=O)C(=O)Nc2cc3c4c(c2)CC(=O)N4CCC3)OCCO)cc1. The maximum atomic E-state index is 12.5. The normalized spacial score (nSPS) is 15.3. The number of carbonyl (C=O) groups is 3. The Morgan fingerprint density at radius 1 is 1.16 bits per heavy atom. The summed E-state index contributed by atoms with van der Waals surface area (Å²) < 4.78 is 5.64. The first-order chi connectivity index (χ1) is 15.5. The van der Waals surface area contributed by atoms with E-state index in [4.69, 9.17) is 9.84 Å². The fourth-order valence-electron chi connectivity index (χ4n) is 4.25. The predicted octanol–water partition coefficient (Wildman–Crippen LogP) is 1.64. The van der Waals surface area contributed by atoms with E-state index in [1.165, 1.54) is 0 Å². The van der Waals surface area contributed by atoms with E-state index < -0.39 is 17.9 Å². The molecular weight excluding hydrogens is 410 g/mol. The maximum Gasteiger partial charge on any atom is 0.313 e. The minimum atomic E-state index is -0.779. The van der Waals surface area contributed by atoms with Crippen LogP contribution in [0, 0.1) is 6.92 Å². The van der Waals surface area contributed by atoms with Gasteiger partial charge in [-0.2, -0.15) is 0 Å². The zero-order chi connectivity index (χ0) is 22.7. The first kappa shape index (κ1) is 22.0. The molecule has 2 aliphatic rings. The van der Waals surface area contributed by atoms with Gasteiger partial charge in [-0.1, -0.05) is 29.8 Å². The lowest BCUT2D eigenvalue weighted by Crippen LogP contribution is -2.38. The highest BCUT2D eigenvalue weighted by atomic mass is 16.5. The van der Waals surface area contributed by atoms with E-state index in [1.807, 2.05) is 42.2 Å². The van der Waals surface area contributed by atoms with Gasteiger partial charge in [0.15, 0.2) is 0 Å². The van der Waals surface area contributed by atoms with E-state index in [-0.39, 0.29) is 25.7 Å². The Hall–Kier alpha value is -3.23. The lowest BCUT2D eigenvalue weighted by molar-refractivity contribution is -0.136. The van der Waals surface area contributed by atoms with Gasteiger partial charge in [-0.25, -0.2) is 0 Å². The van der Waals surface area contributed by atoms with Crippen molar-refractivity contribution in [2.24, 2.45) is 0 Å². The first-order valence-corrected chi connectivity index (χ1v) is 10.8. The second kappa shape index (κ2) is 9.50. The Balaban J connectivity index is 1.39. The van der Waals surface area contributed by atoms with E-state index >= 15 is 0 Å². The Kier molecular flexibility index (Phi) is 6.53. The van der Waals surface area contributed by atoms with E-state index in [2.05, 4.69) is 10.6 Å². The minimum Gasteiger partial charge on any atom is -0.394 e. The van der Waals surface area contributed by atoms with Crippen LogP contribution in [0.4, 0.5) is 11.4 Å². The van der Waals surface area contributed by atoms with Gasteiger partial charge in [0.2, 0.25) is 5.91 Å². The molecule has 8 nitrogen and oxygen atoms in total. The Morgan fingerprint density at radius 3 is 2.66 bits per heavy atom. The van der Waals surface area contributed by atoms with Crippen molar-refractivity contribution < 1.29 is 24.2 Å². The highest BCUT2D eigenvalue weighted by Gasteiger charge is 2.32. The third-order valence-electron chi connectivity index (χ3n) is 5.78. The molecule has 2 aromatic rings. The van der Waals surface area contributed by atoms with Crippen molar-refractivity contribution in [3.63, 3.8) is 0 Å². The smallest absolute Gasteiger partial charge is 0.313 e. The molecule has 0 saturated carbocycles. The molecule has 2 aliphatic heterocycles. The molecule has 0 bridgehead atoms. The molecule has 1 unspecified atom stereocenters. The standard InChI is InChI=1S/C24H27N3O5/c1-15-4-6-16(7-5-15)20(32-10-9-28)14-25-23(30)24(31)26-19-11-17-3-2-8-27-21(29)13-18(12-19)22(17)27/h4-7,11-12,20,28H,2-3,8-10,13-14H2,1H3,(H,25,30)(H,26,31). The Labute approximate surface area is 186 Å². The molecular formula is C24H27N3O5. The van der Waals surface area contributed by atoms with Crippen molar-refractivity contribution >= 4 is 29.1 Å². The average Bonchev–Trinajstić information content (AvgIpc) is 3.11. The summed E-state index contributed by atoms with van der Waals surface area (Å²) in [7, 11) is 0. The van der Waals surface area contributed by atoms with Crippen LogP contribution in [-0.2, 0) is 32.0 Å². The molecule has 32 heavy (non-hydrogen) atoms. The highest BCUT2D eigenvalue weighted by molar-refractivity contribution is 6.39. The van der Waals surface area contributed by atoms with Crippen molar-refractivity contribution in [2.75, 3.05) is 36.5 Å². The highest BCUT2D eigenvalue weighted by Crippen LogP contribution is 2.38. The lowest BCUT2D eigenvalue weighted by Gasteiger charge is -2.26. The number of amides is 3. The third-order valence-corrected chi connectivity index (χ3v) is 5.78. The van der Waals surface area contributed by atoms with Gasteiger partial charge in [-0.3, -0.25) is 14.4 Å². The van der Waals surface area contributed by atoms with Crippen LogP contribution >= 0.6 is 0 Å². The third kappa shape index (κ3) is 4.66. The number of carbonyl (C=O) groups excluding carboxylic acids is 3. The number of nitrogens with one attached hydrogen (secondary N) is 2. The zero-order valence-electron chi connectivity index (χ0n) is 18.0. The lowest BCUT2D eigenvalue weighted by atomic mass is 9.99. The number of benzene rings is 2. The summed E-state index contributed by atoms with van der Waals surface area (Å²) in [6, 6.07) is 11.3. The number of aryl methyl sites for hydroxylation is 2. The van der Waals surface area contributed by atoms with Crippen molar-refractivity contribution in [2.45, 2.75) is 32.3 Å². The molecule has 3 N–H and O–H groups in total. The van der Waals surface area contributed by atoms with Crippen molar-refractivity contribution in [1.29, 1.82) is 0 Å². The summed E-state index contributed by atoms with van der Waals surface area (Å²) in [5.74, 6) is -1.48. The molecule has 168 valence electrons. The minimum absolute atomic E-state index is 0.0761. The number of aliphatic hydroxyl groups is 1. The van der Waals surface area contributed by atoms with Gasteiger partial charge in [0.05, 0.1) is 31.4 Å². The molecule has 2 heterocycles. The fraction of sp³-hybridized carbons (Fsp3) is 0.375. The topological polar surface area (TPSA) is 108 Å². The maximum absolute atomic E-state index is 12.5. The number of hydrogen-bond acceptors (Lipinski definition) is 5. The molecule has 4 rings (SSSR count). The summed E-state index contributed by atoms with van der Waals surface area (Å²) >= 11 is 0. The van der Waals surface area contributed by atoms with E-state index in [1.54, 1.807) is 6.07 Å². The molecule has 0 saturated heterocycles. The monoisotopic (exact) mass is 437 g/mol. The molecule has 8 heteroatoms. The first-order valence-electron chi connectivity index (χ1n) is 10.8. The van der Waals surface area contributed by atoms with E-state index in [0.29, 0.717) is 12.1 Å². The van der Waals surface area contributed by atoms with E-state index in [9.17, 15) is 14.4 Å². The van der Waals surface area contributed by atoms with Gasteiger partial charge in [0, 0.05) is 18.8 Å². The molecule has 0 aromatic heterocycles. The molecule has 0 spiro atoms. The van der Waals surface area contributed by atoms with Crippen LogP contribution in [0.2, 0.25) is 0 Å². The number of anilines is 2. The Morgan fingerprint density at radius 2 is 1.91 bits per heavy atom. The molecule has 2 aromatic carbocycles. The summed E-state index contributed by atoms with van der Waals surface area (Å²) in [6.45, 7) is 2.77. The van der Waals surface area contributed by atoms with Crippen molar-refractivity contribution in [1.82, 2.24) is 5.32 Å². The van der Waals surface area contributed by atoms with Crippen LogP contribution in [0.3, 0.4) is 0 Å². The predicted molar refractivity (Wildman–Crippen MR) is 119 cm³/mol. The fourth-order valence-corrected chi connectivity index (χ4v) is 4.25. The molecule has 1 atom stereocenters. The van der Waals surface area contributed by atoms with Gasteiger partial charge in [0.1, 0.15) is 0 Å². The summed E-state index contributed by atoms with van der Waals surface area (Å²) in [5.41, 5.74) is 5.33. The quantitative estimate of drug-likeness (QED) is 0.571. The molecule has 0 fully saturated rings. The number of aliphatic hydroxyl groups excluding tert-OH is 1. The van der Waals surface area contributed by atoms with Gasteiger partial charge >= 0.3 is 11.8 Å². The second-order valence-electron chi connectivity index (χ2n) is 8.13. The van der Waals surface area contributed by atoms with Gasteiger partial charge in [0.25, 0.3) is 0 Å². The molecule has 3 amide bonds. The van der Waals surface area contributed by atoms with E-state index in [0.717, 1.165) is 47.3 Å². The summed E-state index contributed by atoms with van der Waals surface area (Å²) in [5, 5.41) is 14.3. The Bertz CT molecular complexity index is 1030. The summed E-state index contributed by atoms with van der Waals surface area (Å²) in [4.78, 5) is 38.9. The van der Waals surface area contributed by atoms with Crippen LogP contribution < -0.4 is 15.5 Å². The average molecular weight is 437 g/mol. The molecule has 0 aliphatic carbocycles. The summed E-state index contributed by atoms with van der Waals surface area (Å²) in [6.07, 6.45) is 1.55. The second-order valence-corrected chi connectivity index (χ2v) is 8.13. The number of nitrogens with zero attached hydrogens (tertiary/aromatic N) is 1. The van der Waals surface area contributed by atoms with Crippen LogP contribution in [0.15, 0.2) is 36.4 Å². The van der Waals surface area contributed by atoms with Crippen LogP contribution in [0.5, 0.6) is 0 Å². The van der Waals surface area contributed by atoms with Crippen molar-refractivity contribution in [3.8, 4) is 0 Å². The van der Waals surface area contributed by atoms with Crippen LogP contribution in [0.25, 0.3) is 0 Å². The van der Waals surface area contributed by atoms with Crippen LogP contribution in [-0.4, -0.2) is 49.1 Å². The van der Waals surface area contributed by atoms with Gasteiger partial charge in [-0.05, 0) is 48.6 Å². The zero-order valence-corrected chi connectivity index (χ0v) is 18.0. The number of hydrogen-bond donors (Lipinski definition) is 3. The largest absolute Gasteiger partial charge is 0.394 e. The van der Waals surface area contributed by atoms with Crippen molar-refractivity contribution in [3.05, 3.63) is 58.7 Å². The number of rotatable bonds is 7. The van der Waals surface area contributed by atoms with Gasteiger partial charge in [-0.15, -0.1) is 0 Å².